The van der Waals surface area contributed by atoms with Crippen molar-refractivity contribution in [2.75, 3.05) is 0 Å². The third-order valence-corrected chi connectivity index (χ3v) is 2.97. The Morgan fingerprint density at radius 3 is 2.50 bits per heavy atom. The maximum Gasteiger partial charge on any atom is 0.251 e. The van der Waals surface area contributed by atoms with E-state index in [9.17, 15) is 4.79 Å². The molecule has 16 heavy (non-hydrogen) atoms. The molecule has 1 rings (SSSR count). The number of nitrogens with one attached hydrogen (secondary N) is 1. The largest absolute Gasteiger partial charge is 0.349 e. The third-order valence-electron chi connectivity index (χ3n) is 2.73. The van der Waals surface area contributed by atoms with Gasteiger partial charge in [-0.15, -0.1) is 0 Å². The van der Waals surface area contributed by atoms with Crippen molar-refractivity contribution in [3.63, 3.8) is 0 Å². The van der Waals surface area contributed by atoms with Gasteiger partial charge in [-0.05, 0) is 30.5 Å². The van der Waals surface area contributed by atoms with Gasteiger partial charge in [0.05, 0.1) is 0 Å². The van der Waals surface area contributed by atoms with Crippen LogP contribution in [0.5, 0.6) is 0 Å². The van der Waals surface area contributed by atoms with E-state index >= 15 is 0 Å². The number of hydrogen-bond donors (Lipinski definition) is 1. The van der Waals surface area contributed by atoms with Crippen molar-refractivity contribution < 1.29 is 4.79 Å². The molecule has 0 saturated heterocycles. The highest BCUT2D eigenvalue weighted by Gasteiger charge is 2.22. The number of rotatable bonds is 2. The molecule has 1 atom stereocenters. The van der Waals surface area contributed by atoms with Crippen LogP contribution in [0.4, 0.5) is 0 Å². The van der Waals surface area contributed by atoms with E-state index in [-0.39, 0.29) is 17.4 Å². The summed E-state index contributed by atoms with van der Waals surface area (Å²) in [5.74, 6) is -0.0788. The van der Waals surface area contributed by atoms with E-state index in [2.05, 4.69) is 26.1 Å². The summed E-state index contributed by atoms with van der Waals surface area (Å²) in [4.78, 5) is 11.9. The second-order valence-electron chi connectivity index (χ2n) is 5.07. The molecule has 1 amide bonds. The first-order valence-corrected chi connectivity index (χ1v) is 5.75. The number of halogens is 1. The van der Waals surface area contributed by atoms with Crippen LogP contribution in [0.2, 0.25) is 5.02 Å². The standard InChI is InChI=1S/C13H18ClNO/c1-9(13(2,3)4)15-12(16)10-6-5-7-11(14)8-10/h5-9H,1-4H3,(H,15,16)/t9-/m0/s1. The van der Waals surface area contributed by atoms with E-state index in [1.807, 2.05) is 6.92 Å². The van der Waals surface area contributed by atoms with Crippen molar-refractivity contribution in [3.8, 4) is 0 Å². The Hall–Kier alpha value is -1.02. The molecule has 0 fully saturated rings. The van der Waals surface area contributed by atoms with E-state index < -0.39 is 0 Å². The van der Waals surface area contributed by atoms with Crippen LogP contribution < -0.4 is 5.32 Å². The van der Waals surface area contributed by atoms with E-state index in [4.69, 9.17) is 11.6 Å². The second-order valence-corrected chi connectivity index (χ2v) is 5.51. The Bertz CT molecular complexity index is 382. The lowest BCUT2D eigenvalue weighted by molar-refractivity contribution is 0.0910. The Labute approximate surface area is 102 Å². The van der Waals surface area contributed by atoms with Crippen LogP contribution in [0, 0.1) is 5.41 Å². The van der Waals surface area contributed by atoms with E-state index in [1.165, 1.54) is 0 Å². The summed E-state index contributed by atoms with van der Waals surface area (Å²) in [5.41, 5.74) is 0.650. The molecule has 1 aromatic carbocycles. The highest BCUT2D eigenvalue weighted by atomic mass is 35.5. The summed E-state index contributed by atoms with van der Waals surface area (Å²) in [7, 11) is 0. The second kappa shape index (κ2) is 4.88. The van der Waals surface area contributed by atoms with Gasteiger partial charge in [0.15, 0.2) is 0 Å². The summed E-state index contributed by atoms with van der Waals surface area (Å²) >= 11 is 5.84. The molecule has 0 heterocycles. The lowest BCUT2D eigenvalue weighted by Gasteiger charge is -2.28. The summed E-state index contributed by atoms with van der Waals surface area (Å²) in [6.45, 7) is 8.28. The van der Waals surface area contributed by atoms with E-state index in [0.717, 1.165) is 0 Å². The molecule has 0 aliphatic heterocycles. The van der Waals surface area contributed by atoms with Crippen LogP contribution in [-0.2, 0) is 0 Å². The average Bonchev–Trinajstić information content (AvgIpc) is 2.16. The first-order chi connectivity index (χ1) is 7.30. The first-order valence-electron chi connectivity index (χ1n) is 5.37. The van der Waals surface area contributed by atoms with Gasteiger partial charge in [-0.1, -0.05) is 38.4 Å². The minimum Gasteiger partial charge on any atom is -0.349 e. The molecule has 0 aliphatic rings. The first kappa shape index (κ1) is 13.0. The minimum atomic E-state index is -0.0788. The molecule has 1 aromatic rings. The summed E-state index contributed by atoms with van der Waals surface area (Å²) in [6, 6.07) is 7.08. The highest BCUT2D eigenvalue weighted by molar-refractivity contribution is 6.30. The third kappa shape index (κ3) is 3.53. The average molecular weight is 240 g/mol. The van der Waals surface area contributed by atoms with Gasteiger partial charge in [0.2, 0.25) is 0 Å². The predicted octanol–water partition coefficient (Wildman–Crippen LogP) is 3.50. The minimum absolute atomic E-state index is 0.0498. The van der Waals surface area contributed by atoms with Gasteiger partial charge < -0.3 is 5.32 Å². The number of benzene rings is 1. The van der Waals surface area contributed by atoms with Crippen molar-refractivity contribution in [2.24, 2.45) is 5.41 Å². The van der Waals surface area contributed by atoms with Gasteiger partial charge in [-0.25, -0.2) is 0 Å². The number of hydrogen-bond acceptors (Lipinski definition) is 1. The number of amides is 1. The van der Waals surface area contributed by atoms with E-state index in [0.29, 0.717) is 10.6 Å². The molecule has 0 unspecified atom stereocenters. The molecule has 3 heteroatoms. The van der Waals surface area contributed by atoms with Gasteiger partial charge in [0.1, 0.15) is 0 Å². The molecular formula is C13H18ClNO. The molecule has 0 radical (unpaired) electrons. The molecule has 88 valence electrons. The Morgan fingerprint density at radius 1 is 1.38 bits per heavy atom. The molecular weight excluding hydrogens is 222 g/mol. The highest BCUT2D eigenvalue weighted by Crippen LogP contribution is 2.19. The fraction of sp³-hybridized carbons (Fsp3) is 0.462. The monoisotopic (exact) mass is 239 g/mol. The summed E-state index contributed by atoms with van der Waals surface area (Å²) in [6.07, 6.45) is 0. The van der Waals surface area contributed by atoms with Crippen LogP contribution in [0.3, 0.4) is 0 Å². The van der Waals surface area contributed by atoms with Gasteiger partial charge in [0.25, 0.3) is 5.91 Å². The fourth-order valence-corrected chi connectivity index (χ4v) is 1.32. The van der Waals surface area contributed by atoms with Crippen molar-refractivity contribution in [2.45, 2.75) is 33.7 Å². The van der Waals surface area contributed by atoms with Crippen LogP contribution in [0.1, 0.15) is 38.1 Å². The van der Waals surface area contributed by atoms with Crippen molar-refractivity contribution in [3.05, 3.63) is 34.9 Å². The van der Waals surface area contributed by atoms with Gasteiger partial charge in [-0.3, -0.25) is 4.79 Å². The maximum absolute atomic E-state index is 11.9. The molecule has 2 nitrogen and oxygen atoms in total. The van der Waals surface area contributed by atoms with E-state index in [1.54, 1.807) is 24.3 Å². The van der Waals surface area contributed by atoms with Gasteiger partial charge in [-0.2, -0.15) is 0 Å². The molecule has 0 bridgehead atoms. The van der Waals surface area contributed by atoms with Gasteiger partial charge >= 0.3 is 0 Å². The summed E-state index contributed by atoms with van der Waals surface area (Å²) in [5, 5.41) is 3.55. The van der Waals surface area contributed by atoms with Crippen molar-refractivity contribution >= 4 is 17.5 Å². The summed E-state index contributed by atoms with van der Waals surface area (Å²) < 4.78 is 0. The zero-order chi connectivity index (χ0) is 12.3. The predicted molar refractivity (Wildman–Crippen MR) is 67.8 cm³/mol. The molecule has 0 saturated carbocycles. The fourth-order valence-electron chi connectivity index (χ4n) is 1.13. The molecule has 0 aromatic heterocycles. The Balaban J connectivity index is 2.74. The zero-order valence-corrected chi connectivity index (χ0v) is 10.9. The van der Waals surface area contributed by atoms with Gasteiger partial charge in [0, 0.05) is 16.6 Å². The molecule has 0 aliphatic carbocycles. The molecule has 0 spiro atoms. The number of carbonyl (C=O) groups excluding carboxylic acids is 1. The van der Waals surface area contributed by atoms with Crippen LogP contribution in [0.15, 0.2) is 24.3 Å². The van der Waals surface area contributed by atoms with Crippen molar-refractivity contribution in [1.29, 1.82) is 0 Å². The van der Waals surface area contributed by atoms with Crippen LogP contribution in [0.25, 0.3) is 0 Å². The SMILES string of the molecule is C[C@H](NC(=O)c1cccc(Cl)c1)C(C)(C)C. The Morgan fingerprint density at radius 2 is 2.00 bits per heavy atom. The smallest absolute Gasteiger partial charge is 0.251 e. The lowest BCUT2D eigenvalue weighted by Crippen LogP contribution is -2.41. The Kier molecular flexibility index (Phi) is 3.98. The van der Waals surface area contributed by atoms with Crippen LogP contribution >= 0.6 is 11.6 Å². The zero-order valence-electron chi connectivity index (χ0n) is 10.2. The van der Waals surface area contributed by atoms with Crippen molar-refractivity contribution in [1.82, 2.24) is 5.32 Å². The quantitative estimate of drug-likeness (QED) is 0.841. The maximum atomic E-state index is 11.9. The topological polar surface area (TPSA) is 29.1 Å². The normalized spacial score (nSPS) is 13.3. The van der Waals surface area contributed by atoms with Crippen LogP contribution in [-0.4, -0.2) is 11.9 Å². The number of carbonyl (C=O) groups is 1. The lowest BCUT2D eigenvalue weighted by atomic mass is 9.88. The molecule has 1 N–H and O–H groups in total.